The molecule has 0 spiro atoms. The third-order valence-corrected chi connectivity index (χ3v) is 5.38. The number of hydrogen-bond acceptors (Lipinski definition) is 2. The number of hydrogen-bond donors (Lipinski definition) is 2. The Morgan fingerprint density at radius 1 is 1.35 bits per heavy atom. The van der Waals surface area contributed by atoms with Crippen molar-refractivity contribution in [2.75, 3.05) is 6.54 Å². The smallest absolute Gasteiger partial charge is 0.252 e. The highest BCUT2D eigenvalue weighted by atomic mass is 16.3. The normalized spacial score (nSPS) is 27.9. The summed E-state index contributed by atoms with van der Waals surface area (Å²) in [5.74, 6) is 0.584. The fraction of sp³-hybridized carbons (Fsp3) is 0.650. The number of amides is 1. The van der Waals surface area contributed by atoms with E-state index in [1.807, 2.05) is 12.1 Å². The molecular weight excluding hydrogens is 286 g/mol. The van der Waals surface area contributed by atoms with Gasteiger partial charge in [0.25, 0.3) is 5.91 Å². The van der Waals surface area contributed by atoms with Crippen LogP contribution in [0.25, 0.3) is 0 Å². The van der Waals surface area contributed by atoms with Gasteiger partial charge in [0.2, 0.25) is 0 Å². The average Bonchev–Trinajstić information content (AvgIpc) is 2.48. The molecule has 0 saturated heterocycles. The molecule has 1 aromatic carbocycles. The second kappa shape index (κ2) is 7.48. The van der Waals surface area contributed by atoms with Gasteiger partial charge in [-0.3, -0.25) is 4.79 Å². The van der Waals surface area contributed by atoms with E-state index in [1.54, 1.807) is 0 Å². The zero-order chi connectivity index (χ0) is 17.0. The first-order chi connectivity index (χ1) is 10.8. The number of aryl methyl sites for hydroxylation is 1. The van der Waals surface area contributed by atoms with Gasteiger partial charge in [0, 0.05) is 6.54 Å². The number of rotatable bonds is 5. The van der Waals surface area contributed by atoms with Crippen molar-refractivity contribution in [2.45, 2.75) is 59.0 Å². The monoisotopic (exact) mass is 317 g/mol. The molecule has 1 amide bonds. The van der Waals surface area contributed by atoms with Crippen molar-refractivity contribution in [2.24, 2.45) is 17.8 Å². The highest BCUT2D eigenvalue weighted by Crippen LogP contribution is 2.41. The Hall–Kier alpha value is -1.35. The molecule has 0 radical (unpaired) electrons. The number of aliphatic hydroxyl groups is 1. The molecule has 1 fully saturated rings. The predicted molar refractivity (Wildman–Crippen MR) is 94.2 cm³/mol. The van der Waals surface area contributed by atoms with Crippen molar-refractivity contribution in [1.29, 1.82) is 0 Å². The summed E-state index contributed by atoms with van der Waals surface area (Å²) >= 11 is 0. The highest BCUT2D eigenvalue weighted by Gasteiger charge is 2.48. The lowest BCUT2D eigenvalue weighted by Crippen LogP contribution is -2.56. The van der Waals surface area contributed by atoms with Gasteiger partial charge in [0.05, 0.1) is 0 Å². The van der Waals surface area contributed by atoms with Crippen LogP contribution in [0.4, 0.5) is 0 Å². The second-order valence-corrected chi connectivity index (χ2v) is 7.59. The second-order valence-electron chi connectivity index (χ2n) is 7.59. The molecule has 3 heteroatoms. The van der Waals surface area contributed by atoms with E-state index in [1.165, 1.54) is 11.1 Å². The summed E-state index contributed by atoms with van der Waals surface area (Å²) in [5, 5.41) is 14.1. The zero-order valence-corrected chi connectivity index (χ0v) is 14.9. The van der Waals surface area contributed by atoms with Crippen molar-refractivity contribution < 1.29 is 9.90 Å². The molecular formula is C20H31NO2. The number of carbonyl (C=O) groups excluding carboxylic acids is 1. The molecule has 0 heterocycles. The van der Waals surface area contributed by atoms with Crippen LogP contribution < -0.4 is 5.32 Å². The predicted octanol–water partition coefficient (Wildman–Crippen LogP) is 3.48. The first kappa shape index (κ1) is 18.0. The molecule has 1 aliphatic rings. The Bertz CT molecular complexity index is 540. The first-order valence-electron chi connectivity index (χ1n) is 8.89. The minimum absolute atomic E-state index is 0.0529. The standard InChI is InChI=1S/C20H31NO2/c1-14(2)18-10-9-15(3)13-20(18,23)19(22)21-12-11-17-8-6-5-7-16(17)4/h5-8,14-15,18,23H,9-13H2,1-4H3,(H,21,22)/t15-,18+,20+/m1/s1. The van der Waals surface area contributed by atoms with E-state index in [4.69, 9.17) is 0 Å². The molecule has 0 aliphatic heterocycles. The maximum Gasteiger partial charge on any atom is 0.252 e. The first-order valence-corrected chi connectivity index (χ1v) is 8.89. The summed E-state index contributed by atoms with van der Waals surface area (Å²) in [4.78, 5) is 12.7. The van der Waals surface area contributed by atoms with Crippen LogP contribution in [-0.2, 0) is 11.2 Å². The summed E-state index contributed by atoms with van der Waals surface area (Å²) in [7, 11) is 0. The summed E-state index contributed by atoms with van der Waals surface area (Å²) in [6.07, 6.45) is 3.41. The van der Waals surface area contributed by atoms with Gasteiger partial charge in [0.15, 0.2) is 0 Å². The van der Waals surface area contributed by atoms with Crippen molar-refractivity contribution in [3.63, 3.8) is 0 Å². The van der Waals surface area contributed by atoms with Crippen LogP contribution in [0, 0.1) is 24.7 Å². The molecule has 0 bridgehead atoms. The molecule has 1 aromatic rings. The van der Waals surface area contributed by atoms with Crippen LogP contribution in [0.1, 0.15) is 51.2 Å². The third-order valence-electron chi connectivity index (χ3n) is 5.38. The van der Waals surface area contributed by atoms with Crippen LogP contribution in [0.3, 0.4) is 0 Å². The van der Waals surface area contributed by atoms with Crippen molar-refractivity contribution in [3.05, 3.63) is 35.4 Å². The van der Waals surface area contributed by atoms with Crippen molar-refractivity contribution in [1.82, 2.24) is 5.32 Å². The summed E-state index contributed by atoms with van der Waals surface area (Å²) < 4.78 is 0. The fourth-order valence-electron chi connectivity index (χ4n) is 3.99. The Morgan fingerprint density at radius 3 is 2.70 bits per heavy atom. The van der Waals surface area contributed by atoms with Gasteiger partial charge in [0.1, 0.15) is 5.60 Å². The molecule has 128 valence electrons. The molecule has 0 unspecified atom stereocenters. The Kier molecular flexibility index (Phi) is 5.85. The van der Waals surface area contributed by atoms with Crippen LogP contribution in [0.2, 0.25) is 0 Å². The third kappa shape index (κ3) is 4.14. The van der Waals surface area contributed by atoms with Gasteiger partial charge < -0.3 is 10.4 Å². The minimum atomic E-state index is -1.21. The van der Waals surface area contributed by atoms with Crippen LogP contribution >= 0.6 is 0 Å². The molecule has 2 rings (SSSR count). The topological polar surface area (TPSA) is 49.3 Å². The Morgan fingerprint density at radius 2 is 2.04 bits per heavy atom. The summed E-state index contributed by atoms with van der Waals surface area (Å²) in [6.45, 7) is 8.99. The van der Waals surface area contributed by atoms with Gasteiger partial charge in [-0.2, -0.15) is 0 Å². The lowest BCUT2D eigenvalue weighted by molar-refractivity contribution is -0.155. The average molecular weight is 317 g/mol. The van der Waals surface area contributed by atoms with E-state index in [0.29, 0.717) is 24.8 Å². The largest absolute Gasteiger partial charge is 0.380 e. The van der Waals surface area contributed by atoms with E-state index in [2.05, 4.69) is 45.1 Å². The van der Waals surface area contributed by atoms with Crippen LogP contribution in [0.15, 0.2) is 24.3 Å². The van der Waals surface area contributed by atoms with E-state index in [9.17, 15) is 9.90 Å². The van der Waals surface area contributed by atoms with E-state index >= 15 is 0 Å². The molecule has 2 N–H and O–H groups in total. The quantitative estimate of drug-likeness (QED) is 0.873. The van der Waals surface area contributed by atoms with Crippen molar-refractivity contribution >= 4 is 5.91 Å². The summed E-state index contributed by atoms with van der Waals surface area (Å²) in [5.41, 5.74) is 1.28. The molecule has 1 saturated carbocycles. The number of carbonyl (C=O) groups is 1. The molecule has 3 nitrogen and oxygen atoms in total. The molecule has 3 atom stereocenters. The maximum atomic E-state index is 12.7. The number of nitrogens with one attached hydrogen (secondary N) is 1. The number of benzene rings is 1. The lowest BCUT2D eigenvalue weighted by atomic mass is 9.66. The molecule has 0 aromatic heterocycles. The fourth-order valence-corrected chi connectivity index (χ4v) is 3.99. The van der Waals surface area contributed by atoms with Gasteiger partial charge >= 0.3 is 0 Å². The van der Waals surface area contributed by atoms with Gasteiger partial charge in [-0.05, 0) is 55.1 Å². The van der Waals surface area contributed by atoms with E-state index < -0.39 is 5.60 Å². The molecule has 23 heavy (non-hydrogen) atoms. The van der Waals surface area contributed by atoms with Gasteiger partial charge in [-0.25, -0.2) is 0 Å². The Balaban J connectivity index is 1.98. The van der Waals surface area contributed by atoms with E-state index in [-0.39, 0.29) is 11.8 Å². The van der Waals surface area contributed by atoms with Gasteiger partial charge in [-0.15, -0.1) is 0 Å². The SMILES string of the molecule is Cc1ccccc1CCNC(=O)[C@]1(O)C[C@H](C)CC[C@H]1C(C)C. The van der Waals surface area contributed by atoms with Gasteiger partial charge in [-0.1, -0.05) is 51.5 Å². The lowest BCUT2D eigenvalue weighted by Gasteiger charge is -2.43. The molecule has 1 aliphatic carbocycles. The summed E-state index contributed by atoms with van der Waals surface area (Å²) in [6, 6.07) is 8.23. The zero-order valence-electron chi connectivity index (χ0n) is 14.9. The Labute approximate surface area is 140 Å². The van der Waals surface area contributed by atoms with Crippen LogP contribution in [0.5, 0.6) is 0 Å². The van der Waals surface area contributed by atoms with E-state index in [0.717, 1.165) is 19.3 Å². The maximum absolute atomic E-state index is 12.7. The van der Waals surface area contributed by atoms with Crippen molar-refractivity contribution in [3.8, 4) is 0 Å². The van der Waals surface area contributed by atoms with Crippen LogP contribution in [-0.4, -0.2) is 23.2 Å². The highest BCUT2D eigenvalue weighted by molar-refractivity contribution is 5.85. The minimum Gasteiger partial charge on any atom is -0.380 e.